The third kappa shape index (κ3) is 3.87. The number of halogens is 1. The highest BCUT2D eigenvalue weighted by Gasteiger charge is 2.17. The predicted octanol–water partition coefficient (Wildman–Crippen LogP) is 4.43. The number of rotatable bonds is 6. The van der Waals surface area contributed by atoms with Gasteiger partial charge >= 0.3 is 0 Å². The molecule has 1 amide bonds. The number of H-pyrrole nitrogens is 1. The molecular formula is C23H21FN4O2. The van der Waals surface area contributed by atoms with Crippen molar-refractivity contribution in [2.45, 2.75) is 13.5 Å². The van der Waals surface area contributed by atoms with Crippen LogP contribution in [0.4, 0.5) is 4.39 Å². The predicted molar refractivity (Wildman–Crippen MR) is 113 cm³/mol. The zero-order valence-corrected chi connectivity index (χ0v) is 16.7. The molecule has 0 aliphatic carbocycles. The highest BCUT2D eigenvalue weighted by atomic mass is 19.1. The van der Waals surface area contributed by atoms with Crippen molar-refractivity contribution in [1.29, 1.82) is 0 Å². The highest BCUT2D eigenvalue weighted by Crippen LogP contribution is 2.32. The molecule has 0 saturated carbocycles. The van der Waals surface area contributed by atoms with Gasteiger partial charge in [-0.3, -0.25) is 14.9 Å². The summed E-state index contributed by atoms with van der Waals surface area (Å²) in [6, 6.07) is 13.4. The van der Waals surface area contributed by atoms with Crippen molar-refractivity contribution in [3.05, 3.63) is 77.9 Å². The van der Waals surface area contributed by atoms with E-state index in [1.54, 1.807) is 48.6 Å². The second kappa shape index (κ2) is 8.32. The van der Waals surface area contributed by atoms with E-state index in [0.29, 0.717) is 30.0 Å². The number of fused-ring (bicyclic) bond motifs is 1. The van der Waals surface area contributed by atoms with Gasteiger partial charge in [0.1, 0.15) is 17.1 Å². The number of benzene rings is 2. The zero-order valence-electron chi connectivity index (χ0n) is 16.7. The third-order valence-electron chi connectivity index (χ3n) is 4.85. The van der Waals surface area contributed by atoms with Crippen LogP contribution in [0, 0.1) is 5.82 Å². The minimum atomic E-state index is -0.322. The Kier molecular flexibility index (Phi) is 5.43. The van der Waals surface area contributed by atoms with Crippen molar-refractivity contribution in [3.8, 4) is 16.9 Å². The first-order chi connectivity index (χ1) is 14.6. The average Bonchev–Trinajstić information content (AvgIpc) is 3.23. The normalized spacial score (nSPS) is 10.9. The molecule has 0 aliphatic rings. The molecule has 0 atom stereocenters. The van der Waals surface area contributed by atoms with Crippen molar-refractivity contribution in [2.75, 3.05) is 13.7 Å². The smallest absolute Gasteiger partial charge is 0.254 e. The SMILES string of the molecule is CCOc1cc(C(=O)N(C)Cc2ccnc3cn[nH]c23)ccc1-c1cccc(F)c1. The van der Waals surface area contributed by atoms with Gasteiger partial charge in [-0.25, -0.2) is 4.39 Å². The summed E-state index contributed by atoms with van der Waals surface area (Å²) in [4.78, 5) is 18.9. The van der Waals surface area contributed by atoms with Crippen LogP contribution in [0.2, 0.25) is 0 Å². The fourth-order valence-corrected chi connectivity index (χ4v) is 3.41. The lowest BCUT2D eigenvalue weighted by atomic mass is 10.0. The molecule has 4 rings (SSSR count). The van der Waals surface area contributed by atoms with Gasteiger partial charge in [0.05, 0.1) is 18.3 Å². The van der Waals surface area contributed by atoms with Crippen molar-refractivity contribution in [3.63, 3.8) is 0 Å². The van der Waals surface area contributed by atoms with E-state index in [1.165, 1.54) is 12.1 Å². The lowest BCUT2D eigenvalue weighted by Crippen LogP contribution is -2.26. The third-order valence-corrected chi connectivity index (χ3v) is 4.85. The number of hydrogen-bond acceptors (Lipinski definition) is 4. The van der Waals surface area contributed by atoms with E-state index >= 15 is 0 Å². The maximum absolute atomic E-state index is 13.7. The molecular weight excluding hydrogens is 383 g/mol. The van der Waals surface area contributed by atoms with E-state index in [-0.39, 0.29) is 11.7 Å². The minimum absolute atomic E-state index is 0.147. The van der Waals surface area contributed by atoms with Gasteiger partial charge in [-0.05, 0) is 48.9 Å². The Labute approximate surface area is 173 Å². The van der Waals surface area contributed by atoms with Crippen LogP contribution in [0.3, 0.4) is 0 Å². The van der Waals surface area contributed by atoms with Crippen LogP contribution in [-0.2, 0) is 6.54 Å². The number of amides is 1. The van der Waals surface area contributed by atoms with E-state index in [2.05, 4.69) is 15.2 Å². The number of ether oxygens (including phenoxy) is 1. The molecule has 6 nitrogen and oxygen atoms in total. The Balaban J connectivity index is 1.62. The summed E-state index contributed by atoms with van der Waals surface area (Å²) in [6.45, 7) is 2.70. The van der Waals surface area contributed by atoms with Crippen LogP contribution in [0.1, 0.15) is 22.8 Å². The Morgan fingerprint density at radius 2 is 2.07 bits per heavy atom. The van der Waals surface area contributed by atoms with Gasteiger partial charge in [0, 0.05) is 36.5 Å². The second-order valence-corrected chi connectivity index (χ2v) is 6.92. The number of pyridine rings is 1. The van der Waals surface area contributed by atoms with E-state index in [0.717, 1.165) is 22.2 Å². The fraction of sp³-hybridized carbons (Fsp3) is 0.174. The molecule has 30 heavy (non-hydrogen) atoms. The zero-order chi connectivity index (χ0) is 21.1. The van der Waals surface area contributed by atoms with Gasteiger partial charge in [0.25, 0.3) is 5.91 Å². The first kappa shape index (κ1) is 19.6. The Bertz CT molecular complexity index is 1200. The summed E-state index contributed by atoms with van der Waals surface area (Å²) >= 11 is 0. The van der Waals surface area contributed by atoms with Crippen molar-refractivity contribution >= 4 is 16.9 Å². The van der Waals surface area contributed by atoms with Crippen LogP contribution in [0.15, 0.2) is 60.9 Å². The first-order valence-electron chi connectivity index (χ1n) is 9.62. The summed E-state index contributed by atoms with van der Waals surface area (Å²) in [5.41, 5.74) is 4.43. The number of nitrogens with one attached hydrogen (secondary N) is 1. The topological polar surface area (TPSA) is 71.1 Å². The molecule has 2 aromatic heterocycles. The number of hydrogen-bond donors (Lipinski definition) is 1. The standard InChI is InChI=1S/C23H21FN4O2/c1-3-30-21-12-16(7-8-19(21)15-5-4-6-18(24)11-15)23(29)28(2)14-17-9-10-25-20-13-26-27-22(17)20/h4-13H,3,14H2,1-2H3,(H,26,27). The summed E-state index contributed by atoms with van der Waals surface area (Å²) in [6.07, 6.45) is 3.35. The summed E-state index contributed by atoms with van der Waals surface area (Å²) in [5, 5.41) is 6.94. The average molecular weight is 404 g/mol. The van der Waals surface area contributed by atoms with E-state index < -0.39 is 0 Å². The lowest BCUT2D eigenvalue weighted by Gasteiger charge is -2.19. The monoisotopic (exact) mass is 404 g/mol. The molecule has 2 heterocycles. The maximum atomic E-state index is 13.7. The van der Waals surface area contributed by atoms with E-state index in [4.69, 9.17) is 4.74 Å². The molecule has 7 heteroatoms. The molecule has 0 unspecified atom stereocenters. The largest absolute Gasteiger partial charge is 0.493 e. The van der Waals surface area contributed by atoms with Crippen molar-refractivity contribution in [1.82, 2.24) is 20.1 Å². The van der Waals surface area contributed by atoms with Crippen LogP contribution in [-0.4, -0.2) is 39.6 Å². The maximum Gasteiger partial charge on any atom is 0.254 e. The van der Waals surface area contributed by atoms with Crippen LogP contribution < -0.4 is 4.74 Å². The second-order valence-electron chi connectivity index (χ2n) is 6.92. The Morgan fingerprint density at radius 3 is 2.87 bits per heavy atom. The highest BCUT2D eigenvalue weighted by molar-refractivity contribution is 5.95. The van der Waals surface area contributed by atoms with Gasteiger partial charge < -0.3 is 9.64 Å². The first-order valence-corrected chi connectivity index (χ1v) is 9.62. The summed E-state index contributed by atoms with van der Waals surface area (Å²) in [7, 11) is 1.74. The minimum Gasteiger partial charge on any atom is -0.493 e. The molecule has 0 radical (unpaired) electrons. The van der Waals surface area contributed by atoms with Crippen molar-refractivity contribution in [2.24, 2.45) is 0 Å². The number of aromatic amines is 1. The molecule has 4 aromatic rings. The van der Waals surface area contributed by atoms with Gasteiger partial charge in [-0.1, -0.05) is 12.1 Å². The van der Waals surface area contributed by atoms with Crippen LogP contribution >= 0.6 is 0 Å². The molecule has 0 bridgehead atoms. The van der Waals surface area contributed by atoms with Gasteiger partial charge in [-0.15, -0.1) is 0 Å². The Morgan fingerprint density at radius 1 is 1.20 bits per heavy atom. The Hall–Kier alpha value is -3.74. The van der Waals surface area contributed by atoms with Gasteiger partial charge in [-0.2, -0.15) is 5.10 Å². The number of nitrogens with zero attached hydrogens (tertiary/aromatic N) is 3. The van der Waals surface area contributed by atoms with Gasteiger partial charge in [0.2, 0.25) is 0 Å². The molecule has 0 saturated heterocycles. The number of carbonyl (C=O) groups is 1. The lowest BCUT2D eigenvalue weighted by molar-refractivity contribution is 0.0785. The van der Waals surface area contributed by atoms with Crippen LogP contribution in [0.25, 0.3) is 22.2 Å². The molecule has 2 aromatic carbocycles. The number of aromatic nitrogens is 3. The quantitative estimate of drug-likeness (QED) is 0.516. The fourth-order valence-electron chi connectivity index (χ4n) is 3.41. The molecule has 0 aliphatic heterocycles. The summed E-state index contributed by atoms with van der Waals surface area (Å²) < 4.78 is 19.4. The van der Waals surface area contributed by atoms with Crippen LogP contribution in [0.5, 0.6) is 5.75 Å². The van der Waals surface area contributed by atoms with Crippen molar-refractivity contribution < 1.29 is 13.9 Å². The van der Waals surface area contributed by atoms with Gasteiger partial charge in [0.15, 0.2) is 0 Å². The number of carbonyl (C=O) groups excluding carboxylic acids is 1. The molecule has 1 N–H and O–H groups in total. The molecule has 0 fully saturated rings. The molecule has 0 spiro atoms. The van der Waals surface area contributed by atoms with E-state index in [9.17, 15) is 9.18 Å². The summed E-state index contributed by atoms with van der Waals surface area (Å²) in [5.74, 6) is 0.0748. The molecule has 152 valence electrons. The van der Waals surface area contributed by atoms with E-state index in [1.807, 2.05) is 19.1 Å².